The van der Waals surface area contributed by atoms with Gasteiger partial charge in [0.25, 0.3) is 0 Å². The second-order valence-electron chi connectivity index (χ2n) is 12.3. The van der Waals surface area contributed by atoms with Crippen LogP contribution in [-0.2, 0) is 33.3 Å². The summed E-state index contributed by atoms with van der Waals surface area (Å²) in [6, 6.07) is 0. The van der Waals surface area contributed by atoms with Crippen molar-refractivity contribution in [2.75, 3.05) is 26.4 Å². The standard InChI is InChI=1S/C26H44O9.C8H7O2.Na/c1-16(13-23(30)33-11-9-7-5-4-6-8-10-22(28)29)12-20-25(32)24(31)19(15-34-20)14-21-26(35-21)17(2)18(3)27;1-2-7-6-9-5-3-8(7)10-4-1;/h13,17-21,24-27,31-32H,4-12,14-15H2,1-3H3,(H,28,29);1,3,5H,4,6H2;/q;-1;+1/b16-13+;;/t17?,18?,19-,20?,21-,24+,25-,26?;;/m0../s1. The molecular formula is C34H51NaO11. The number of unbranched alkanes of at least 4 members (excludes halogenated alkanes) is 5. The van der Waals surface area contributed by atoms with Gasteiger partial charge in [0.1, 0.15) is 6.10 Å². The number of aliphatic hydroxyl groups excluding tert-OH is 3. The summed E-state index contributed by atoms with van der Waals surface area (Å²) in [7, 11) is 0. The van der Waals surface area contributed by atoms with Gasteiger partial charge in [-0.25, -0.2) is 10.9 Å². The molecular weight excluding hydrogens is 607 g/mol. The molecule has 4 aliphatic rings. The van der Waals surface area contributed by atoms with Gasteiger partial charge < -0.3 is 44.1 Å². The van der Waals surface area contributed by atoms with E-state index in [0.717, 1.165) is 43.4 Å². The molecule has 8 atom stereocenters. The van der Waals surface area contributed by atoms with E-state index < -0.39 is 36.4 Å². The molecule has 0 saturated carbocycles. The number of carbonyl (C=O) groups excluding carboxylic acids is 1. The number of esters is 1. The summed E-state index contributed by atoms with van der Waals surface area (Å²) in [5, 5.41) is 39.5. The Morgan fingerprint density at radius 1 is 1.09 bits per heavy atom. The van der Waals surface area contributed by atoms with Gasteiger partial charge in [0.05, 0.1) is 63.2 Å². The van der Waals surface area contributed by atoms with Gasteiger partial charge in [0.2, 0.25) is 0 Å². The third-order valence-electron chi connectivity index (χ3n) is 8.53. The van der Waals surface area contributed by atoms with Crippen molar-refractivity contribution in [3.05, 3.63) is 47.5 Å². The zero-order valence-electron chi connectivity index (χ0n) is 27.8. The minimum atomic E-state index is -1.06. The van der Waals surface area contributed by atoms with Crippen molar-refractivity contribution in [2.24, 2.45) is 11.8 Å². The first kappa shape index (κ1) is 40.5. The van der Waals surface area contributed by atoms with Crippen molar-refractivity contribution in [2.45, 2.75) is 115 Å². The number of allylic oxidation sites excluding steroid dienone is 1. The predicted octanol–water partition coefficient (Wildman–Crippen LogP) is 0.770. The number of carboxylic acids is 1. The molecule has 0 aromatic heterocycles. The molecule has 0 aliphatic carbocycles. The third kappa shape index (κ3) is 14.2. The fourth-order valence-corrected chi connectivity index (χ4v) is 5.55. The topological polar surface area (TPSA) is 165 Å². The van der Waals surface area contributed by atoms with E-state index in [2.05, 4.69) is 6.08 Å². The Balaban J connectivity index is 0.000000561. The van der Waals surface area contributed by atoms with Crippen LogP contribution in [0.3, 0.4) is 0 Å². The van der Waals surface area contributed by atoms with E-state index in [4.69, 9.17) is 28.8 Å². The molecule has 0 aromatic carbocycles. The van der Waals surface area contributed by atoms with Crippen LogP contribution in [0.2, 0.25) is 0 Å². The largest absolute Gasteiger partial charge is 1.00 e. The molecule has 4 heterocycles. The molecule has 0 aromatic rings. The maximum Gasteiger partial charge on any atom is 1.00 e. The average Bonchev–Trinajstić information content (AvgIpc) is 3.78. The summed E-state index contributed by atoms with van der Waals surface area (Å²) in [5.41, 5.74) is 1.72. The van der Waals surface area contributed by atoms with Crippen LogP contribution < -0.4 is 29.6 Å². The number of carboxylic acid groups (broad SMARTS) is 1. The Bertz CT molecular complexity index is 1050. The number of aliphatic hydroxyl groups is 3. The number of aliphatic carboxylic acids is 1. The monoisotopic (exact) mass is 658 g/mol. The van der Waals surface area contributed by atoms with Crippen LogP contribution in [0.4, 0.5) is 0 Å². The van der Waals surface area contributed by atoms with Crippen molar-refractivity contribution in [1.29, 1.82) is 0 Å². The molecule has 4 rings (SSSR count). The Labute approximate surface area is 294 Å². The normalized spacial score (nSPS) is 27.9. The van der Waals surface area contributed by atoms with Gasteiger partial charge in [-0.2, -0.15) is 0 Å². The second-order valence-corrected chi connectivity index (χ2v) is 12.3. The first-order valence-corrected chi connectivity index (χ1v) is 16.2. The van der Waals surface area contributed by atoms with E-state index in [1.807, 2.05) is 19.1 Å². The van der Waals surface area contributed by atoms with Crippen LogP contribution >= 0.6 is 0 Å². The van der Waals surface area contributed by atoms with Crippen LogP contribution in [0.25, 0.3) is 0 Å². The molecule has 46 heavy (non-hydrogen) atoms. The Hall–Kier alpha value is -1.70. The van der Waals surface area contributed by atoms with Gasteiger partial charge in [0, 0.05) is 24.3 Å². The third-order valence-corrected chi connectivity index (χ3v) is 8.53. The molecule has 0 bridgehead atoms. The van der Waals surface area contributed by atoms with Crippen LogP contribution in [0.15, 0.2) is 41.4 Å². The maximum absolute atomic E-state index is 12.1. The summed E-state index contributed by atoms with van der Waals surface area (Å²) in [5.74, 6) is -0.525. The van der Waals surface area contributed by atoms with E-state index in [0.29, 0.717) is 51.3 Å². The zero-order valence-corrected chi connectivity index (χ0v) is 29.8. The Morgan fingerprint density at radius 2 is 1.80 bits per heavy atom. The van der Waals surface area contributed by atoms with Crippen LogP contribution in [-0.4, -0.2) is 95.4 Å². The summed E-state index contributed by atoms with van der Waals surface area (Å²) in [6.45, 7) is 7.28. The summed E-state index contributed by atoms with van der Waals surface area (Å²) in [4.78, 5) is 22.5. The summed E-state index contributed by atoms with van der Waals surface area (Å²) >= 11 is 0. The van der Waals surface area contributed by atoms with E-state index in [1.165, 1.54) is 6.08 Å². The fourth-order valence-electron chi connectivity index (χ4n) is 5.55. The molecule has 2 saturated heterocycles. The van der Waals surface area contributed by atoms with Crippen molar-refractivity contribution in [1.82, 2.24) is 0 Å². The molecule has 254 valence electrons. The average molecular weight is 659 g/mol. The first-order chi connectivity index (χ1) is 21.6. The summed E-state index contributed by atoms with van der Waals surface area (Å²) in [6.07, 6.45) is 13.0. The molecule has 0 amide bonds. The number of carbonyl (C=O) groups is 2. The van der Waals surface area contributed by atoms with E-state index in [-0.39, 0.29) is 60.0 Å². The SMILES string of the molecule is C/C(=C\C(=O)OCCCCCCCCC(=O)O)CC1OC[C@H](C[C@@H]2OC2C(C)C(C)O)[C@@H](O)[C@H]1O.[C-]1=CCOC2=C1COC=C2.[Na+]. The molecule has 4 N–H and O–H groups in total. The molecule has 12 heteroatoms. The van der Waals surface area contributed by atoms with Gasteiger partial charge in [-0.1, -0.05) is 44.3 Å². The van der Waals surface area contributed by atoms with Crippen molar-refractivity contribution >= 4 is 11.9 Å². The van der Waals surface area contributed by atoms with Gasteiger partial charge in [-0.3, -0.25) is 4.79 Å². The van der Waals surface area contributed by atoms with Gasteiger partial charge in [0.15, 0.2) is 0 Å². The predicted molar refractivity (Wildman–Crippen MR) is 165 cm³/mol. The second kappa shape index (κ2) is 21.3. The molecule has 4 unspecified atom stereocenters. The number of rotatable bonds is 16. The molecule has 11 nitrogen and oxygen atoms in total. The van der Waals surface area contributed by atoms with Crippen LogP contribution in [0.5, 0.6) is 0 Å². The smallest absolute Gasteiger partial charge is 0.577 e. The van der Waals surface area contributed by atoms with E-state index >= 15 is 0 Å². The quantitative estimate of drug-likeness (QED) is 0.0463. The Kier molecular flexibility index (Phi) is 18.7. The number of hydrogen-bond donors (Lipinski definition) is 4. The molecule has 0 radical (unpaired) electrons. The van der Waals surface area contributed by atoms with Crippen molar-refractivity contribution in [3.8, 4) is 0 Å². The van der Waals surface area contributed by atoms with Gasteiger partial charge in [-0.05, 0) is 45.3 Å². The molecule has 2 fully saturated rings. The number of epoxide rings is 1. The van der Waals surface area contributed by atoms with Crippen LogP contribution in [0, 0.1) is 17.9 Å². The molecule has 0 spiro atoms. The number of ether oxygens (including phenoxy) is 5. The number of hydrogen-bond acceptors (Lipinski definition) is 10. The molecule has 4 aliphatic heterocycles. The zero-order chi connectivity index (χ0) is 32.8. The maximum atomic E-state index is 12.1. The van der Waals surface area contributed by atoms with Crippen molar-refractivity contribution in [3.63, 3.8) is 0 Å². The van der Waals surface area contributed by atoms with E-state index in [1.54, 1.807) is 20.1 Å². The minimum Gasteiger partial charge on any atom is -0.577 e. The van der Waals surface area contributed by atoms with Gasteiger partial charge >= 0.3 is 41.5 Å². The van der Waals surface area contributed by atoms with E-state index in [9.17, 15) is 24.9 Å². The Morgan fingerprint density at radius 3 is 2.50 bits per heavy atom. The summed E-state index contributed by atoms with van der Waals surface area (Å²) < 4.78 is 27.0. The minimum absolute atomic E-state index is 0. The van der Waals surface area contributed by atoms with Crippen LogP contribution in [0.1, 0.15) is 78.6 Å². The van der Waals surface area contributed by atoms with Crippen molar-refractivity contribution < 1.29 is 83.3 Å². The first-order valence-electron chi connectivity index (χ1n) is 16.2. The van der Waals surface area contributed by atoms with Gasteiger partial charge in [-0.15, -0.1) is 11.6 Å². The fraction of sp³-hybridized carbons (Fsp3) is 0.706.